The Labute approximate surface area is 98.6 Å². The van der Waals surface area contributed by atoms with Gasteiger partial charge in [0.25, 0.3) is 0 Å². The second-order valence-electron chi connectivity index (χ2n) is 3.92. The van der Waals surface area contributed by atoms with Crippen LogP contribution in [-0.2, 0) is 15.5 Å². The van der Waals surface area contributed by atoms with Crippen molar-refractivity contribution in [2.75, 3.05) is 0 Å². The van der Waals surface area contributed by atoms with E-state index in [1.54, 1.807) is 12.1 Å². The van der Waals surface area contributed by atoms with Gasteiger partial charge in [-0.1, -0.05) is 23.7 Å². The van der Waals surface area contributed by atoms with Gasteiger partial charge in [0.15, 0.2) is 0 Å². The van der Waals surface area contributed by atoms with Crippen molar-refractivity contribution in [3.63, 3.8) is 0 Å². The molecule has 1 aliphatic rings. The summed E-state index contributed by atoms with van der Waals surface area (Å²) >= 11 is 5.74. The molecule has 0 radical (unpaired) electrons. The summed E-state index contributed by atoms with van der Waals surface area (Å²) in [7, 11) is 1.95. The molecule has 15 heavy (non-hydrogen) atoms. The summed E-state index contributed by atoms with van der Waals surface area (Å²) in [6.45, 7) is 0. The molecule has 1 saturated carbocycles. The van der Waals surface area contributed by atoms with E-state index in [2.05, 4.69) is 0 Å². The Morgan fingerprint density at radius 1 is 1.20 bits per heavy atom. The van der Waals surface area contributed by atoms with Crippen LogP contribution in [0.3, 0.4) is 0 Å². The average Bonchev–Trinajstić information content (AvgIpc) is 2.89. The molecule has 82 valence electrons. The molecule has 1 fully saturated rings. The van der Waals surface area contributed by atoms with Gasteiger partial charge in [-0.2, -0.15) is 0 Å². The first-order valence-electron chi connectivity index (χ1n) is 4.62. The van der Waals surface area contributed by atoms with E-state index >= 15 is 0 Å². The molecule has 2 nitrogen and oxygen atoms in total. The van der Waals surface area contributed by atoms with E-state index in [1.807, 2.05) is 12.1 Å². The first-order chi connectivity index (χ1) is 6.93. The molecule has 0 atom stereocenters. The second-order valence-corrected chi connectivity index (χ2v) is 7.32. The third-order valence-electron chi connectivity index (χ3n) is 2.76. The van der Waals surface area contributed by atoms with Crippen molar-refractivity contribution in [3.8, 4) is 0 Å². The zero-order valence-corrected chi connectivity index (χ0v) is 10.2. The Hall–Kier alpha value is -0.250. The van der Waals surface area contributed by atoms with Crippen LogP contribution in [0.2, 0.25) is 5.02 Å². The number of hydrogen-bond donors (Lipinski definition) is 0. The Kier molecular flexibility index (Phi) is 2.73. The Balaban J connectivity index is 2.20. The summed E-state index contributed by atoms with van der Waals surface area (Å²) in [5.41, 5.74) is 0.959. The molecule has 0 unspecified atom stereocenters. The Morgan fingerprint density at radius 3 is 2.13 bits per heavy atom. The van der Waals surface area contributed by atoms with Gasteiger partial charge in [-0.15, -0.1) is 0 Å². The van der Waals surface area contributed by atoms with Crippen molar-refractivity contribution < 1.29 is 8.42 Å². The average molecular weight is 265 g/mol. The minimum Gasteiger partial charge on any atom is -0.212 e. The van der Waals surface area contributed by atoms with E-state index in [0.29, 0.717) is 24.3 Å². The van der Waals surface area contributed by atoms with E-state index in [9.17, 15) is 8.42 Å². The van der Waals surface area contributed by atoms with Crippen LogP contribution < -0.4 is 0 Å². The first-order valence-corrected chi connectivity index (χ1v) is 7.30. The summed E-state index contributed by atoms with van der Waals surface area (Å²) in [5.74, 6) is 0. The lowest BCUT2D eigenvalue weighted by Crippen LogP contribution is -2.20. The second kappa shape index (κ2) is 3.65. The molecular weight excluding hydrogens is 255 g/mol. The number of benzene rings is 1. The molecule has 2 rings (SSSR count). The SMILES string of the molecule is O=S(=O)(Cl)C1(Cc2ccc(Cl)cc2)CC1. The summed E-state index contributed by atoms with van der Waals surface area (Å²) in [6.07, 6.45) is 1.79. The third-order valence-corrected chi connectivity index (χ3v) is 5.59. The fourth-order valence-electron chi connectivity index (χ4n) is 1.62. The summed E-state index contributed by atoms with van der Waals surface area (Å²) in [6, 6.07) is 7.19. The predicted octanol–water partition coefficient (Wildman–Crippen LogP) is 2.98. The third kappa shape index (κ3) is 2.30. The highest BCUT2D eigenvalue weighted by molar-refractivity contribution is 8.15. The molecule has 0 bridgehead atoms. The van der Waals surface area contributed by atoms with Gasteiger partial charge in [0.05, 0.1) is 4.75 Å². The first kappa shape index (κ1) is 11.2. The molecule has 0 aromatic heterocycles. The quantitative estimate of drug-likeness (QED) is 0.787. The van der Waals surface area contributed by atoms with E-state index in [-0.39, 0.29) is 0 Å². The fourth-order valence-corrected chi connectivity index (χ4v) is 3.30. The highest BCUT2D eigenvalue weighted by atomic mass is 35.7. The molecule has 0 amide bonds. The Morgan fingerprint density at radius 2 is 1.73 bits per heavy atom. The number of halogens is 2. The molecule has 1 aromatic rings. The van der Waals surface area contributed by atoms with Crippen molar-refractivity contribution in [2.24, 2.45) is 0 Å². The highest BCUT2D eigenvalue weighted by Crippen LogP contribution is 2.48. The smallest absolute Gasteiger partial charge is 0.212 e. The van der Waals surface area contributed by atoms with Crippen molar-refractivity contribution in [2.45, 2.75) is 24.0 Å². The summed E-state index contributed by atoms with van der Waals surface area (Å²) in [4.78, 5) is 0. The highest BCUT2D eigenvalue weighted by Gasteiger charge is 2.53. The maximum atomic E-state index is 11.3. The minimum absolute atomic E-state index is 0.482. The van der Waals surface area contributed by atoms with Gasteiger partial charge in [-0.05, 0) is 37.0 Å². The lowest BCUT2D eigenvalue weighted by atomic mass is 10.1. The zero-order valence-electron chi connectivity index (χ0n) is 7.91. The molecule has 0 spiro atoms. The zero-order chi connectivity index (χ0) is 11.1. The largest absolute Gasteiger partial charge is 0.238 e. The van der Waals surface area contributed by atoms with Crippen molar-refractivity contribution in [1.29, 1.82) is 0 Å². The molecule has 1 aromatic carbocycles. The topological polar surface area (TPSA) is 34.1 Å². The van der Waals surface area contributed by atoms with E-state index in [1.165, 1.54) is 0 Å². The van der Waals surface area contributed by atoms with E-state index in [4.69, 9.17) is 22.3 Å². The van der Waals surface area contributed by atoms with Crippen LogP contribution in [0.4, 0.5) is 0 Å². The van der Waals surface area contributed by atoms with Crippen molar-refractivity contribution in [3.05, 3.63) is 34.9 Å². The number of rotatable bonds is 3. The molecule has 5 heteroatoms. The molecular formula is C10H10Cl2O2S. The maximum absolute atomic E-state index is 11.3. The standard InChI is InChI=1S/C10H10Cl2O2S/c11-9-3-1-8(2-4-9)7-10(5-6-10)15(12,13)14/h1-4H,5-7H2. The van der Waals surface area contributed by atoms with Crippen LogP contribution in [0, 0.1) is 0 Å². The molecule has 0 aliphatic heterocycles. The molecule has 0 N–H and O–H groups in total. The van der Waals surface area contributed by atoms with Gasteiger partial charge >= 0.3 is 0 Å². The summed E-state index contributed by atoms with van der Waals surface area (Å²) in [5, 5.41) is 0.650. The van der Waals surface area contributed by atoms with Gasteiger partial charge in [0.2, 0.25) is 9.05 Å². The molecule has 1 aliphatic carbocycles. The van der Waals surface area contributed by atoms with Crippen molar-refractivity contribution in [1.82, 2.24) is 0 Å². The van der Waals surface area contributed by atoms with E-state index < -0.39 is 13.8 Å². The normalized spacial score (nSPS) is 18.8. The van der Waals surface area contributed by atoms with Crippen LogP contribution in [0.15, 0.2) is 24.3 Å². The van der Waals surface area contributed by atoms with Gasteiger partial charge in [-0.25, -0.2) is 8.42 Å². The number of hydrogen-bond acceptors (Lipinski definition) is 2. The lowest BCUT2D eigenvalue weighted by molar-refractivity contribution is 0.590. The molecule has 0 heterocycles. The predicted molar refractivity (Wildman–Crippen MR) is 61.9 cm³/mol. The summed E-state index contributed by atoms with van der Waals surface area (Å²) < 4.78 is 21.9. The van der Waals surface area contributed by atoms with Crippen LogP contribution in [-0.4, -0.2) is 13.2 Å². The van der Waals surface area contributed by atoms with Crippen LogP contribution in [0.5, 0.6) is 0 Å². The van der Waals surface area contributed by atoms with Gasteiger partial charge < -0.3 is 0 Å². The Bertz CT molecular complexity index is 461. The minimum atomic E-state index is -3.46. The maximum Gasteiger partial charge on any atom is 0.238 e. The van der Waals surface area contributed by atoms with Crippen LogP contribution in [0.1, 0.15) is 18.4 Å². The monoisotopic (exact) mass is 264 g/mol. The lowest BCUT2D eigenvalue weighted by Gasteiger charge is -2.10. The van der Waals surface area contributed by atoms with E-state index in [0.717, 1.165) is 5.56 Å². The van der Waals surface area contributed by atoms with Gasteiger partial charge in [0.1, 0.15) is 0 Å². The van der Waals surface area contributed by atoms with Crippen LogP contribution >= 0.6 is 22.3 Å². The van der Waals surface area contributed by atoms with Gasteiger partial charge in [-0.3, -0.25) is 0 Å². The van der Waals surface area contributed by atoms with Crippen molar-refractivity contribution >= 4 is 31.3 Å². The fraction of sp³-hybridized carbons (Fsp3) is 0.400. The molecule has 0 saturated heterocycles. The van der Waals surface area contributed by atoms with Gasteiger partial charge in [0, 0.05) is 15.7 Å². The van der Waals surface area contributed by atoms with Crippen LogP contribution in [0.25, 0.3) is 0 Å².